The lowest BCUT2D eigenvalue weighted by Gasteiger charge is -2.31. The Balaban J connectivity index is 0.00000192. The smallest absolute Gasteiger partial charge is 0.244 e. The Morgan fingerprint density at radius 1 is 1.26 bits per heavy atom. The summed E-state index contributed by atoms with van der Waals surface area (Å²) in [5, 5.41) is 2.98. The van der Waals surface area contributed by atoms with Gasteiger partial charge in [0.05, 0.1) is 12.1 Å². The lowest BCUT2D eigenvalue weighted by molar-refractivity contribution is -0.122. The number of nitrogens with two attached hydrogens (primary N) is 1. The molecule has 2 aliphatic rings. The highest BCUT2D eigenvalue weighted by Gasteiger charge is 2.35. The summed E-state index contributed by atoms with van der Waals surface area (Å²) in [4.78, 5) is 12.4. The fourth-order valence-corrected chi connectivity index (χ4v) is 3.03. The van der Waals surface area contributed by atoms with Crippen LogP contribution in [0.2, 0.25) is 0 Å². The molecule has 0 saturated heterocycles. The molecule has 5 heteroatoms. The summed E-state index contributed by atoms with van der Waals surface area (Å²) in [5.41, 5.74) is 7.48. The van der Waals surface area contributed by atoms with Crippen LogP contribution in [0.25, 0.3) is 0 Å². The Kier molecular flexibility index (Phi) is 6.45. The van der Waals surface area contributed by atoms with E-state index in [4.69, 9.17) is 10.5 Å². The molecule has 0 aromatic heterocycles. The average molecular weight is 339 g/mol. The van der Waals surface area contributed by atoms with Crippen molar-refractivity contribution in [2.45, 2.75) is 57.1 Å². The molecule has 4 nitrogen and oxygen atoms in total. The first-order valence-corrected chi connectivity index (χ1v) is 8.43. The number of hydrogen-bond acceptors (Lipinski definition) is 3. The first-order chi connectivity index (χ1) is 10.7. The standard InChI is InChI=1S/C18H26N2O2.ClH/c19-18(9-2-1-3-10-18)17(21)20-16-6-4-5-15(11-16)13-22-12-14-7-8-14;/h4-6,11,14H,1-3,7-10,12-13,19H2,(H,20,21);1H. The van der Waals surface area contributed by atoms with Crippen LogP contribution in [0.5, 0.6) is 0 Å². The normalized spacial score (nSPS) is 19.7. The van der Waals surface area contributed by atoms with Gasteiger partial charge in [0.2, 0.25) is 5.91 Å². The fraction of sp³-hybridized carbons (Fsp3) is 0.611. The zero-order valence-electron chi connectivity index (χ0n) is 13.6. The predicted molar refractivity (Wildman–Crippen MR) is 94.7 cm³/mol. The van der Waals surface area contributed by atoms with Crippen molar-refractivity contribution < 1.29 is 9.53 Å². The minimum Gasteiger partial charge on any atom is -0.376 e. The molecule has 0 aliphatic heterocycles. The van der Waals surface area contributed by atoms with Crippen LogP contribution >= 0.6 is 12.4 Å². The monoisotopic (exact) mass is 338 g/mol. The van der Waals surface area contributed by atoms with Crippen molar-refractivity contribution in [3.05, 3.63) is 29.8 Å². The number of benzene rings is 1. The van der Waals surface area contributed by atoms with Gasteiger partial charge in [-0.25, -0.2) is 0 Å². The van der Waals surface area contributed by atoms with Crippen molar-refractivity contribution in [2.24, 2.45) is 11.7 Å². The van der Waals surface area contributed by atoms with E-state index < -0.39 is 5.54 Å². The quantitative estimate of drug-likeness (QED) is 0.832. The molecule has 1 aromatic carbocycles. The SMILES string of the molecule is Cl.NC1(C(=O)Nc2cccc(COCC3CC3)c2)CCCCC1. The summed E-state index contributed by atoms with van der Waals surface area (Å²) in [6, 6.07) is 7.88. The van der Waals surface area contributed by atoms with Crippen LogP contribution in [0, 0.1) is 5.92 Å². The Morgan fingerprint density at radius 3 is 2.70 bits per heavy atom. The number of carbonyl (C=O) groups excluding carboxylic acids is 1. The summed E-state index contributed by atoms with van der Waals surface area (Å²) in [6.45, 7) is 1.45. The maximum atomic E-state index is 12.4. The highest BCUT2D eigenvalue weighted by molar-refractivity contribution is 5.98. The minimum atomic E-state index is -0.698. The van der Waals surface area contributed by atoms with Crippen LogP contribution in [0.15, 0.2) is 24.3 Å². The fourth-order valence-electron chi connectivity index (χ4n) is 3.03. The van der Waals surface area contributed by atoms with E-state index in [1.54, 1.807) is 0 Å². The molecule has 1 amide bonds. The van der Waals surface area contributed by atoms with Crippen LogP contribution in [0.3, 0.4) is 0 Å². The maximum absolute atomic E-state index is 12.4. The largest absolute Gasteiger partial charge is 0.376 e. The number of amides is 1. The number of carbonyl (C=O) groups is 1. The maximum Gasteiger partial charge on any atom is 0.244 e. The Bertz CT molecular complexity index is 526. The van der Waals surface area contributed by atoms with E-state index in [0.717, 1.165) is 49.5 Å². The molecule has 0 heterocycles. The minimum absolute atomic E-state index is 0. The second kappa shape index (κ2) is 8.13. The van der Waals surface area contributed by atoms with Gasteiger partial charge in [-0.2, -0.15) is 0 Å². The van der Waals surface area contributed by atoms with Gasteiger partial charge >= 0.3 is 0 Å². The van der Waals surface area contributed by atoms with Crippen LogP contribution < -0.4 is 11.1 Å². The van der Waals surface area contributed by atoms with E-state index in [-0.39, 0.29) is 18.3 Å². The highest BCUT2D eigenvalue weighted by atomic mass is 35.5. The zero-order valence-corrected chi connectivity index (χ0v) is 14.4. The average Bonchev–Trinajstić information content (AvgIpc) is 3.33. The molecule has 3 rings (SSSR count). The second-order valence-corrected chi connectivity index (χ2v) is 6.83. The van der Waals surface area contributed by atoms with E-state index in [1.165, 1.54) is 19.3 Å². The molecular weight excluding hydrogens is 312 g/mol. The lowest BCUT2D eigenvalue weighted by atomic mass is 9.82. The summed E-state index contributed by atoms with van der Waals surface area (Å²) >= 11 is 0. The Morgan fingerprint density at radius 2 is 2.00 bits per heavy atom. The third-order valence-corrected chi connectivity index (χ3v) is 4.70. The van der Waals surface area contributed by atoms with Crippen LogP contribution in [0.4, 0.5) is 5.69 Å². The van der Waals surface area contributed by atoms with Crippen molar-refractivity contribution in [3.8, 4) is 0 Å². The van der Waals surface area contributed by atoms with E-state index in [2.05, 4.69) is 5.32 Å². The number of rotatable bonds is 6. The highest BCUT2D eigenvalue weighted by Crippen LogP contribution is 2.29. The van der Waals surface area contributed by atoms with E-state index in [9.17, 15) is 4.79 Å². The van der Waals surface area contributed by atoms with E-state index in [0.29, 0.717) is 6.61 Å². The summed E-state index contributed by atoms with van der Waals surface area (Å²) in [7, 11) is 0. The molecular formula is C18H27ClN2O2. The van der Waals surface area contributed by atoms with Gasteiger partial charge in [0.25, 0.3) is 0 Å². The molecule has 2 fully saturated rings. The molecule has 128 valence electrons. The number of halogens is 1. The molecule has 0 spiro atoms. The number of hydrogen-bond donors (Lipinski definition) is 2. The van der Waals surface area contributed by atoms with Crippen molar-refractivity contribution in [2.75, 3.05) is 11.9 Å². The topological polar surface area (TPSA) is 64.4 Å². The van der Waals surface area contributed by atoms with Crippen LogP contribution in [-0.4, -0.2) is 18.1 Å². The molecule has 23 heavy (non-hydrogen) atoms. The first kappa shape index (κ1) is 18.2. The molecule has 0 radical (unpaired) electrons. The van der Waals surface area contributed by atoms with Crippen molar-refractivity contribution in [1.82, 2.24) is 0 Å². The summed E-state index contributed by atoms with van der Waals surface area (Å²) in [6.07, 6.45) is 7.42. The molecule has 1 aromatic rings. The number of ether oxygens (including phenoxy) is 1. The van der Waals surface area contributed by atoms with Gasteiger partial charge in [-0.1, -0.05) is 31.4 Å². The first-order valence-electron chi connectivity index (χ1n) is 8.43. The third kappa shape index (κ3) is 5.20. The van der Waals surface area contributed by atoms with Gasteiger partial charge in [0.15, 0.2) is 0 Å². The molecule has 2 aliphatic carbocycles. The van der Waals surface area contributed by atoms with Crippen molar-refractivity contribution in [3.63, 3.8) is 0 Å². The van der Waals surface area contributed by atoms with Gasteiger partial charge < -0.3 is 15.8 Å². The Hall–Kier alpha value is -1.10. The zero-order chi connectivity index (χ0) is 15.4. The summed E-state index contributed by atoms with van der Waals surface area (Å²) in [5.74, 6) is 0.717. The summed E-state index contributed by atoms with van der Waals surface area (Å²) < 4.78 is 5.70. The van der Waals surface area contributed by atoms with Gasteiger partial charge in [-0.05, 0) is 49.3 Å². The van der Waals surface area contributed by atoms with Crippen molar-refractivity contribution >= 4 is 24.0 Å². The van der Waals surface area contributed by atoms with Gasteiger partial charge in [-0.3, -0.25) is 4.79 Å². The lowest BCUT2D eigenvalue weighted by Crippen LogP contribution is -2.52. The van der Waals surface area contributed by atoms with Gasteiger partial charge in [-0.15, -0.1) is 12.4 Å². The van der Waals surface area contributed by atoms with E-state index >= 15 is 0 Å². The third-order valence-electron chi connectivity index (χ3n) is 4.70. The molecule has 3 N–H and O–H groups in total. The molecule has 0 atom stereocenters. The molecule has 0 bridgehead atoms. The van der Waals surface area contributed by atoms with Crippen LogP contribution in [-0.2, 0) is 16.1 Å². The second-order valence-electron chi connectivity index (χ2n) is 6.83. The van der Waals surface area contributed by atoms with Crippen LogP contribution in [0.1, 0.15) is 50.5 Å². The number of nitrogens with one attached hydrogen (secondary N) is 1. The molecule has 0 unspecified atom stereocenters. The predicted octanol–water partition coefficient (Wildman–Crippen LogP) is 3.64. The van der Waals surface area contributed by atoms with Gasteiger partial charge in [0.1, 0.15) is 0 Å². The molecule has 2 saturated carbocycles. The van der Waals surface area contributed by atoms with E-state index in [1.807, 2.05) is 24.3 Å². The number of anilines is 1. The van der Waals surface area contributed by atoms with Crippen molar-refractivity contribution in [1.29, 1.82) is 0 Å². The Labute approximate surface area is 144 Å². The van der Waals surface area contributed by atoms with Gasteiger partial charge in [0, 0.05) is 12.3 Å².